The zero-order valence-corrected chi connectivity index (χ0v) is 25.8. The smallest absolute Gasteiger partial charge is 0.341 e. The fourth-order valence-electron chi connectivity index (χ4n) is 6.63. The number of carboxylic acid groups (broad SMARTS) is 1. The Morgan fingerprint density at radius 2 is 1.86 bits per heavy atom. The minimum absolute atomic E-state index is 0.0716. The number of carboxylic acids is 1. The molecule has 11 nitrogen and oxygen atoms in total. The molecule has 3 saturated heterocycles. The first kappa shape index (κ1) is 30.8. The van der Waals surface area contributed by atoms with Crippen molar-refractivity contribution in [3.8, 4) is 16.2 Å². The first-order chi connectivity index (χ1) is 20.5. The number of ether oxygens (including phenoxy) is 2. The van der Waals surface area contributed by atoms with Gasteiger partial charge in [0.1, 0.15) is 16.4 Å². The average Bonchev–Trinajstić information content (AvgIpc) is 3.48. The molecule has 1 aromatic heterocycles. The number of carbonyl (C=O) groups excluding carboxylic acids is 3. The van der Waals surface area contributed by atoms with Crippen LogP contribution in [0.1, 0.15) is 63.2 Å². The highest BCUT2D eigenvalue weighted by molar-refractivity contribution is 7.20. The van der Waals surface area contributed by atoms with E-state index in [2.05, 4.69) is 15.5 Å². The molecule has 43 heavy (non-hydrogen) atoms. The second-order valence-electron chi connectivity index (χ2n) is 12.2. The summed E-state index contributed by atoms with van der Waals surface area (Å²) in [5, 5.41) is 14.9. The van der Waals surface area contributed by atoms with Crippen molar-refractivity contribution in [2.45, 2.75) is 64.5 Å². The van der Waals surface area contributed by atoms with Gasteiger partial charge in [0, 0.05) is 43.5 Å². The summed E-state index contributed by atoms with van der Waals surface area (Å²) in [5.74, 6) is -0.836. The van der Waals surface area contributed by atoms with Gasteiger partial charge in [0.2, 0.25) is 0 Å². The number of piperidine rings is 2. The van der Waals surface area contributed by atoms with E-state index in [-0.39, 0.29) is 17.9 Å². The first-order valence-corrected chi connectivity index (χ1v) is 15.7. The molecule has 2 aromatic rings. The maximum Gasteiger partial charge on any atom is 0.341 e. The van der Waals surface area contributed by atoms with E-state index >= 15 is 0 Å². The molecule has 5 rings (SSSR count). The topological polar surface area (TPSA) is 138 Å². The highest BCUT2D eigenvalue weighted by Crippen LogP contribution is 2.47. The van der Waals surface area contributed by atoms with Crippen molar-refractivity contribution in [2.24, 2.45) is 5.41 Å². The Balaban J connectivity index is 1.27. The molecule has 3 fully saturated rings. The van der Waals surface area contributed by atoms with Crippen LogP contribution in [0.3, 0.4) is 0 Å². The Labute approximate surface area is 255 Å². The Kier molecular flexibility index (Phi) is 8.98. The molecule has 0 aliphatic carbocycles. The fourth-order valence-corrected chi connectivity index (χ4v) is 7.68. The Bertz CT molecular complexity index is 1370. The number of amides is 3. The third-order valence-electron chi connectivity index (χ3n) is 8.47. The molecule has 1 atom stereocenters. The van der Waals surface area contributed by atoms with E-state index in [0.717, 1.165) is 49.1 Å². The third kappa shape index (κ3) is 6.96. The highest BCUT2D eigenvalue weighted by atomic mass is 32.1. The maximum atomic E-state index is 13.8. The van der Waals surface area contributed by atoms with E-state index in [4.69, 9.17) is 14.6 Å². The number of likely N-dealkylation sites (tertiary alicyclic amines) is 2. The lowest BCUT2D eigenvalue weighted by Crippen LogP contribution is -2.53. The molecule has 1 aromatic carbocycles. The minimum atomic E-state index is -1.06. The van der Waals surface area contributed by atoms with Gasteiger partial charge in [0.05, 0.1) is 11.0 Å². The van der Waals surface area contributed by atoms with Gasteiger partial charge < -0.3 is 24.8 Å². The molecule has 0 saturated carbocycles. The van der Waals surface area contributed by atoms with Crippen molar-refractivity contribution in [2.75, 3.05) is 44.6 Å². The lowest BCUT2D eigenvalue weighted by molar-refractivity contribution is -0.154. The van der Waals surface area contributed by atoms with Crippen LogP contribution in [0.15, 0.2) is 30.3 Å². The molecule has 3 aliphatic heterocycles. The average molecular weight is 613 g/mol. The van der Waals surface area contributed by atoms with Crippen LogP contribution >= 0.6 is 11.3 Å². The standard InChI is InChI=1S/C31H40N4O7S/c1-4-32-29(40)33-26-23(16-24(43-26)20-6-8-22(9-7-20)41-17-25(36)37)27(38)34-14-10-21(11-15-34)35-13-5-12-31(19-35)18-30(2,3)42-28(31)39/h6-9,16,21H,4-5,10-15,17-19H2,1-3H3,(H,36,37)(H2,32,33,40). The van der Waals surface area contributed by atoms with Crippen molar-refractivity contribution in [1.29, 1.82) is 0 Å². The summed E-state index contributed by atoms with van der Waals surface area (Å²) in [6.45, 7) is 8.65. The summed E-state index contributed by atoms with van der Waals surface area (Å²) in [5.41, 5.74) is 0.397. The quantitative estimate of drug-likeness (QED) is 0.373. The third-order valence-corrected chi connectivity index (χ3v) is 9.57. The molecular formula is C31H40N4O7S. The second kappa shape index (κ2) is 12.5. The molecule has 4 heterocycles. The van der Waals surface area contributed by atoms with Crippen LogP contribution < -0.4 is 15.4 Å². The summed E-state index contributed by atoms with van der Waals surface area (Å²) in [7, 11) is 0. The molecule has 1 unspecified atom stereocenters. The zero-order valence-electron chi connectivity index (χ0n) is 24.9. The minimum Gasteiger partial charge on any atom is -0.482 e. The molecule has 0 radical (unpaired) electrons. The number of rotatable bonds is 8. The number of anilines is 1. The van der Waals surface area contributed by atoms with Crippen LogP contribution in [0.4, 0.5) is 9.80 Å². The number of hydrogen-bond donors (Lipinski definition) is 3. The summed E-state index contributed by atoms with van der Waals surface area (Å²) in [6.07, 6.45) is 4.20. The van der Waals surface area contributed by atoms with Crippen molar-refractivity contribution in [1.82, 2.24) is 15.1 Å². The van der Waals surface area contributed by atoms with E-state index in [1.165, 1.54) is 11.3 Å². The number of nitrogens with zero attached hydrogens (tertiary/aromatic N) is 2. The predicted molar refractivity (Wildman–Crippen MR) is 163 cm³/mol. The lowest BCUT2D eigenvalue weighted by atomic mass is 9.74. The molecule has 1 spiro atoms. The normalized spacial score (nSPS) is 22.3. The molecule has 0 bridgehead atoms. The van der Waals surface area contributed by atoms with Gasteiger partial charge in [-0.1, -0.05) is 0 Å². The van der Waals surface area contributed by atoms with Gasteiger partial charge in [-0.2, -0.15) is 0 Å². The van der Waals surface area contributed by atoms with Crippen molar-refractivity contribution >= 4 is 40.2 Å². The predicted octanol–water partition coefficient (Wildman–Crippen LogP) is 4.43. The lowest BCUT2D eigenvalue weighted by Gasteiger charge is -2.44. The summed E-state index contributed by atoms with van der Waals surface area (Å²) >= 11 is 1.31. The van der Waals surface area contributed by atoms with Crippen LogP contribution in [-0.2, 0) is 14.3 Å². The van der Waals surface area contributed by atoms with E-state index in [9.17, 15) is 19.2 Å². The fraction of sp³-hybridized carbons (Fsp3) is 0.548. The molecular weight excluding hydrogens is 572 g/mol. The Morgan fingerprint density at radius 1 is 1.14 bits per heavy atom. The van der Waals surface area contributed by atoms with E-state index in [1.54, 1.807) is 30.3 Å². The highest BCUT2D eigenvalue weighted by Gasteiger charge is 2.54. The van der Waals surface area contributed by atoms with Gasteiger partial charge in [-0.3, -0.25) is 19.8 Å². The summed E-state index contributed by atoms with van der Waals surface area (Å²) in [4.78, 5) is 55.0. The summed E-state index contributed by atoms with van der Waals surface area (Å²) < 4.78 is 10.9. The van der Waals surface area contributed by atoms with Gasteiger partial charge in [-0.15, -0.1) is 11.3 Å². The SMILES string of the molecule is CCNC(=O)Nc1sc(-c2ccc(OCC(=O)O)cc2)cc1C(=O)N1CCC(N2CCCC3(C2)CC(C)(C)OC3=O)CC1. The number of carbonyl (C=O) groups is 4. The van der Waals surface area contributed by atoms with Gasteiger partial charge in [-0.05, 0) is 88.9 Å². The number of thiophene rings is 1. The van der Waals surface area contributed by atoms with Gasteiger partial charge >= 0.3 is 18.0 Å². The molecule has 3 N–H and O–H groups in total. The number of nitrogens with one attached hydrogen (secondary N) is 2. The molecule has 3 aliphatic rings. The Morgan fingerprint density at radius 3 is 2.49 bits per heavy atom. The Hall–Kier alpha value is -3.64. The number of urea groups is 1. The van der Waals surface area contributed by atoms with Crippen molar-refractivity contribution in [3.05, 3.63) is 35.9 Å². The van der Waals surface area contributed by atoms with Crippen LogP contribution in [0.5, 0.6) is 5.75 Å². The van der Waals surface area contributed by atoms with Crippen LogP contribution in [-0.4, -0.2) is 89.8 Å². The number of esters is 1. The van der Waals surface area contributed by atoms with Crippen molar-refractivity contribution < 1.29 is 33.8 Å². The van der Waals surface area contributed by atoms with E-state index in [1.807, 2.05) is 25.7 Å². The monoisotopic (exact) mass is 612 g/mol. The second-order valence-corrected chi connectivity index (χ2v) is 13.3. The zero-order chi connectivity index (χ0) is 30.8. The summed E-state index contributed by atoms with van der Waals surface area (Å²) in [6, 6.07) is 8.67. The number of hydrogen-bond acceptors (Lipinski definition) is 8. The molecule has 3 amide bonds. The van der Waals surface area contributed by atoms with Crippen molar-refractivity contribution in [3.63, 3.8) is 0 Å². The van der Waals surface area contributed by atoms with Gasteiger partial charge in [0.15, 0.2) is 6.61 Å². The first-order valence-electron chi connectivity index (χ1n) is 14.9. The molecule has 232 valence electrons. The number of benzene rings is 1. The largest absolute Gasteiger partial charge is 0.482 e. The van der Waals surface area contributed by atoms with Crippen LogP contribution in [0, 0.1) is 5.41 Å². The number of aliphatic carboxylic acids is 1. The van der Waals surface area contributed by atoms with Gasteiger partial charge in [-0.25, -0.2) is 9.59 Å². The van der Waals surface area contributed by atoms with Gasteiger partial charge in [0.25, 0.3) is 5.91 Å². The maximum absolute atomic E-state index is 13.8. The van der Waals surface area contributed by atoms with Crippen LogP contribution in [0.25, 0.3) is 10.4 Å². The van der Waals surface area contributed by atoms with E-state index in [0.29, 0.717) is 48.5 Å². The molecule has 12 heteroatoms. The van der Waals surface area contributed by atoms with Crippen LogP contribution in [0.2, 0.25) is 0 Å². The van der Waals surface area contributed by atoms with E-state index < -0.39 is 23.6 Å². The number of cyclic esters (lactones) is 1.